The molecule has 3 rings (SSSR count). The lowest BCUT2D eigenvalue weighted by molar-refractivity contribution is -0.115. The van der Waals surface area contributed by atoms with Gasteiger partial charge in [0.2, 0.25) is 5.91 Å². The largest absolute Gasteiger partial charge is 0.343 e. The van der Waals surface area contributed by atoms with Crippen LogP contribution in [0.15, 0.2) is 78.9 Å². The average molecular weight is 401 g/mol. The number of carbonyl (C=O) groups excluding carboxylic acids is 2. The van der Waals surface area contributed by atoms with Crippen molar-refractivity contribution in [1.82, 2.24) is 5.32 Å². The molecule has 0 fully saturated rings. The Bertz CT molecular complexity index is 1000. The van der Waals surface area contributed by atoms with Crippen molar-refractivity contribution in [3.05, 3.63) is 101 Å². The second-order valence-corrected chi connectivity index (χ2v) is 8.38. The highest BCUT2D eigenvalue weighted by Crippen LogP contribution is 2.22. The van der Waals surface area contributed by atoms with Gasteiger partial charge in [0.05, 0.1) is 6.54 Å². The van der Waals surface area contributed by atoms with Crippen LogP contribution in [0.1, 0.15) is 47.8 Å². The van der Waals surface area contributed by atoms with Crippen LogP contribution < -0.4 is 10.6 Å². The third-order valence-corrected chi connectivity index (χ3v) is 4.95. The lowest BCUT2D eigenvalue weighted by Crippen LogP contribution is -2.33. The summed E-state index contributed by atoms with van der Waals surface area (Å²) in [7, 11) is 0. The summed E-state index contributed by atoms with van der Waals surface area (Å²) in [6.45, 7) is 6.30. The highest BCUT2D eigenvalue weighted by molar-refractivity contribution is 5.99. The van der Waals surface area contributed by atoms with Gasteiger partial charge >= 0.3 is 0 Å². The van der Waals surface area contributed by atoms with E-state index >= 15 is 0 Å². The predicted molar refractivity (Wildman–Crippen MR) is 122 cm³/mol. The van der Waals surface area contributed by atoms with Gasteiger partial charge in [0.15, 0.2) is 0 Å². The van der Waals surface area contributed by atoms with Crippen molar-refractivity contribution in [2.75, 3.05) is 11.9 Å². The molecule has 0 atom stereocenters. The van der Waals surface area contributed by atoms with Gasteiger partial charge in [-0.3, -0.25) is 9.59 Å². The van der Waals surface area contributed by atoms with Crippen molar-refractivity contribution in [3.63, 3.8) is 0 Å². The average Bonchev–Trinajstić information content (AvgIpc) is 2.74. The Kier molecular flexibility index (Phi) is 6.68. The van der Waals surface area contributed by atoms with Gasteiger partial charge < -0.3 is 10.6 Å². The van der Waals surface area contributed by atoms with Gasteiger partial charge in [-0.1, -0.05) is 81.4 Å². The van der Waals surface area contributed by atoms with E-state index in [0.29, 0.717) is 5.56 Å². The molecule has 0 bridgehead atoms. The molecule has 0 saturated heterocycles. The summed E-state index contributed by atoms with van der Waals surface area (Å²) in [6, 6.07) is 25.3. The number of rotatable bonds is 6. The van der Waals surface area contributed by atoms with E-state index in [1.165, 1.54) is 5.56 Å². The highest BCUT2D eigenvalue weighted by atomic mass is 16.2. The van der Waals surface area contributed by atoms with E-state index in [0.717, 1.165) is 23.2 Å². The number of benzene rings is 3. The number of hydrogen-bond acceptors (Lipinski definition) is 2. The topological polar surface area (TPSA) is 58.2 Å². The van der Waals surface area contributed by atoms with Crippen molar-refractivity contribution in [3.8, 4) is 0 Å². The van der Waals surface area contributed by atoms with Gasteiger partial charge in [-0.2, -0.15) is 0 Å². The minimum atomic E-state index is -0.261. The lowest BCUT2D eigenvalue weighted by Gasteiger charge is -2.19. The summed E-state index contributed by atoms with van der Waals surface area (Å²) < 4.78 is 0. The standard InChI is InChI=1S/C26H28N2O2/c1-26(2,3)22-15-13-20(14-16-22)25(30)27-18-24(29)28-23-12-8-7-11-21(23)17-19-9-5-4-6-10-19/h4-16H,17-18H2,1-3H3,(H,27,30)(H,28,29). The zero-order valence-electron chi connectivity index (χ0n) is 17.7. The molecule has 0 aliphatic carbocycles. The number of anilines is 1. The molecular formula is C26H28N2O2. The summed E-state index contributed by atoms with van der Waals surface area (Å²) in [5.74, 6) is -0.515. The fourth-order valence-electron chi connectivity index (χ4n) is 3.19. The summed E-state index contributed by atoms with van der Waals surface area (Å²) in [6.07, 6.45) is 0.726. The quantitative estimate of drug-likeness (QED) is 0.615. The van der Waals surface area contributed by atoms with Gasteiger partial charge in [-0.15, -0.1) is 0 Å². The molecule has 4 nitrogen and oxygen atoms in total. The molecule has 0 unspecified atom stereocenters. The number of nitrogens with one attached hydrogen (secondary N) is 2. The van der Waals surface area contributed by atoms with E-state index in [4.69, 9.17) is 0 Å². The monoisotopic (exact) mass is 400 g/mol. The maximum Gasteiger partial charge on any atom is 0.251 e. The third kappa shape index (κ3) is 5.80. The maximum atomic E-state index is 12.4. The molecule has 2 amide bonds. The summed E-state index contributed by atoms with van der Waals surface area (Å²) >= 11 is 0. The van der Waals surface area contributed by atoms with Crippen molar-refractivity contribution >= 4 is 17.5 Å². The first-order valence-corrected chi connectivity index (χ1v) is 10.1. The smallest absolute Gasteiger partial charge is 0.251 e. The third-order valence-electron chi connectivity index (χ3n) is 4.95. The van der Waals surface area contributed by atoms with Crippen molar-refractivity contribution < 1.29 is 9.59 Å². The van der Waals surface area contributed by atoms with Crippen LogP contribution in [0.2, 0.25) is 0 Å². The molecule has 0 aliphatic heterocycles. The van der Waals surface area contributed by atoms with Crippen molar-refractivity contribution in [1.29, 1.82) is 0 Å². The first-order valence-electron chi connectivity index (χ1n) is 10.1. The van der Waals surface area contributed by atoms with Crippen molar-refractivity contribution in [2.45, 2.75) is 32.6 Å². The van der Waals surface area contributed by atoms with Crippen LogP contribution in [0.25, 0.3) is 0 Å². The molecule has 2 N–H and O–H groups in total. The van der Waals surface area contributed by atoms with Gasteiger partial charge in [-0.25, -0.2) is 0 Å². The Hall–Kier alpha value is -3.40. The summed E-state index contributed by atoms with van der Waals surface area (Å²) in [4.78, 5) is 24.8. The first-order chi connectivity index (χ1) is 14.3. The van der Waals surface area contributed by atoms with Crippen LogP contribution >= 0.6 is 0 Å². The number of hydrogen-bond donors (Lipinski definition) is 2. The zero-order chi connectivity index (χ0) is 21.6. The SMILES string of the molecule is CC(C)(C)c1ccc(C(=O)NCC(=O)Nc2ccccc2Cc2ccccc2)cc1. The second-order valence-electron chi connectivity index (χ2n) is 8.38. The van der Waals surface area contributed by atoms with E-state index in [1.54, 1.807) is 12.1 Å². The molecule has 3 aromatic carbocycles. The molecule has 0 spiro atoms. The molecule has 3 aromatic rings. The van der Waals surface area contributed by atoms with Gasteiger partial charge in [-0.05, 0) is 46.7 Å². The van der Waals surface area contributed by atoms with E-state index in [9.17, 15) is 9.59 Å². The predicted octanol–water partition coefficient (Wildman–Crippen LogP) is 4.94. The van der Waals surface area contributed by atoms with E-state index in [-0.39, 0.29) is 23.8 Å². The van der Waals surface area contributed by atoms with Gasteiger partial charge in [0.25, 0.3) is 5.91 Å². The maximum absolute atomic E-state index is 12.4. The Morgan fingerprint density at radius 3 is 2.10 bits per heavy atom. The second kappa shape index (κ2) is 9.40. The normalized spacial score (nSPS) is 11.0. The van der Waals surface area contributed by atoms with E-state index in [2.05, 4.69) is 43.5 Å². The van der Waals surface area contributed by atoms with E-state index in [1.807, 2.05) is 54.6 Å². The minimum absolute atomic E-state index is 0.0298. The Morgan fingerprint density at radius 2 is 1.43 bits per heavy atom. The number of carbonyl (C=O) groups is 2. The number of para-hydroxylation sites is 1. The van der Waals surface area contributed by atoms with Crippen LogP contribution in [-0.4, -0.2) is 18.4 Å². The molecule has 0 saturated carbocycles. The van der Waals surface area contributed by atoms with Crippen LogP contribution in [0.5, 0.6) is 0 Å². The van der Waals surface area contributed by atoms with Crippen LogP contribution in [0.4, 0.5) is 5.69 Å². The fraction of sp³-hybridized carbons (Fsp3) is 0.231. The molecule has 30 heavy (non-hydrogen) atoms. The lowest BCUT2D eigenvalue weighted by atomic mass is 9.87. The fourth-order valence-corrected chi connectivity index (χ4v) is 3.19. The molecule has 0 aromatic heterocycles. The van der Waals surface area contributed by atoms with Crippen molar-refractivity contribution in [2.24, 2.45) is 0 Å². The molecule has 4 heteroatoms. The first kappa shape index (κ1) is 21.3. The summed E-state index contributed by atoms with van der Waals surface area (Å²) in [5, 5.41) is 5.61. The van der Waals surface area contributed by atoms with Gasteiger partial charge in [0.1, 0.15) is 0 Å². The van der Waals surface area contributed by atoms with Crippen LogP contribution in [0.3, 0.4) is 0 Å². The minimum Gasteiger partial charge on any atom is -0.343 e. The molecule has 0 heterocycles. The zero-order valence-corrected chi connectivity index (χ0v) is 17.7. The molecule has 154 valence electrons. The van der Waals surface area contributed by atoms with Crippen LogP contribution in [0, 0.1) is 0 Å². The molecular weight excluding hydrogens is 372 g/mol. The van der Waals surface area contributed by atoms with Gasteiger partial charge in [0, 0.05) is 11.3 Å². The Morgan fingerprint density at radius 1 is 0.800 bits per heavy atom. The highest BCUT2D eigenvalue weighted by Gasteiger charge is 2.15. The van der Waals surface area contributed by atoms with Crippen LogP contribution in [-0.2, 0) is 16.6 Å². The number of amides is 2. The molecule has 0 radical (unpaired) electrons. The Labute approximate surface area is 178 Å². The molecule has 0 aliphatic rings. The van der Waals surface area contributed by atoms with E-state index < -0.39 is 0 Å². The summed E-state index contributed by atoms with van der Waals surface area (Å²) in [5.41, 5.74) is 4.69. The Balaban J connectivity index is 1.58.